The standard InChI is InChI=1S/C14H17F3N2O4S/c1-9(13(20)19-11-6-7-24(21,22)8-11)18-10-2-4-12(5-3-10)23-14(15,16)17/h2-5,9,11,18H,6-8H2,1H3,(H,19,20)/t9-,11-/m1/s1. The highest BCUT2D eigenvalue weighted by Gasteiger charge is 2.31. The van der Waals surface area contributed by atoms with Crippen LogP contribution in [0.2, 0.25) is 0 Å². The monoisotopic (exact) mass is 366 g/mol. The maximum absolute atomic E-state index is 12.1. The van der Waals surface area contributed by atoms with Crippen LogP contribution in [0.3, 0.4) is 0 Å². The van der Waals surface area contributed by atoms with E-state index in [9.17, 15) is 26.4 Å². The largest absolute Gasteiger partial charge is 0.573 e. The van der Waals surface area contributed by atoms with Crippen LogP contribution in [-0.2, 0) is 14.6 Å². The molecule has 1 fully saturated rings. The SMILES string of the molecule is C[C@@H](Nc1ccc(OC(F)(F)F)cc1)C(=O)N[C@@H]1CCS(=O)(=O)C1. The van der Waals surface area contributed by atoms with Gasteiger partial charge in [0.1, 0.15) is 11.8 Å². The van der Waals surface area contributed by atoms with Gasteiger partial charge < -0.3 is 15.4 Å². The number of carbonyl (C=O) groups excluding carboxylic acids is 1. The number of anilines is 1. The van der Waals surface area contributed by atoms with Crippen molar-refractivity contribution in [1.29, 1.82) is 0 Å². The zero-order valence-electron chi connectivity index (χ0n) is 12.8. The van der Waals surface area contributed by atoms with Crippen LogP contribution < -0.4 is 15.4 Å². The third-order valence-electron chi connectivity index (χ3n) is 3.44. The second-order valence-electron chi connectivity index (χ2n) is 5.55. The Morgan fingerprint density at radius 1 is 1.29 bits per heavy atom. The molecule has 0 unspecified atom stereocenters. The summed E-state index contributed by atoms with van der Waals surface area (Å²) in [4.78, 5) is 12.0. The van der Waals surface area contributed by atoms with E-state index in [0.29, 0.717) is 12.1 Å². The van der Waals surface area contributed by atoms with Gasteiger partial charge in [-0.2, -0.15) is 0 Å². The number of carbonyl (C=O) groups is 1. The van der Waals surface area contributed by atoms with Crippen LogP contribution in [0.25, 0.3) is 0 Å². The van der Waals surface area contributed by atoms with Gasteiger partial charge in [0.05, 0.1) is 11.5 Å². The molecule has 0 spiro atoms. The topological polar surface area (TPSA) is 84.5 Å². The molecule has 1 aromatic carbocycles. The van der Waals surface area contributed by atoms with Crippen molar-refractivity contribution in [2.24, 2.45) is 0 Å². The van der Waals surface area contributed by atoms with E-state index in [4.69, 9.17) is 0 Å². The van der Waals surface area contributed by atoms with Crippen molar-refractivity contribution < 1.29 is 31.1 Å². The minimum Gasteiger partial charge on any atom is -0.406 e. The van der Waals surface area contributed by atoms with Crippen LogP contribution in [0.5, 0.6) is 5.75 Å². The highest BCUT2D eigenvalue weighted by molar-refractivity contribution is 7.91. The molecule has 2 rings (SSSR count). The molecule has 6 nitrogen and oxygen atoms in total. The van der Waals surface area contributed by atoms with Gasteiger partial charge in [0, 0.05) is 11.7 Å². The maximum Gasteiger partial charge on any atom is 0.573 e. The van der Waals surface area contributed by atoms with Crippen molar-refractivity contribution in [1.82, 2.24) is 5.32 Å². The lowest BCUT2D eigenvalue weighted by atomic mass is 10.2. The zero-order chi connectivity index (χ0) is 18.0. The fourth-order valence-electron chi connectivity index (χ4n) is 2.30. The number of hydrogen-bond donors (Lipinski definition) is 2. The lowest BCUT2D eigenvalue weighted by Gasteiger charge is -2.18. The van der Waals surface area contributed by atoms with Crippen LogP contribution in [-0.4, -0.2) is 44.3 Å². The molecule has 24 heavy (non-hydrogen) atoms. The first-order valence-corrected chi connectivity index (χ1v) is 8.99. The van der Waals surface area contributed by atoms with E-state index in [1.165, 1.54) is 12.1 Å². The molecule has 2 N–H and O–H groups in total. The Morgan fingerprint density at radius 2 is 1.92 bits per heavy atom. The Balaban J connectivity index is 1.87. The third-order valence-corrected chi connectivity index (χ3v) is 5.21. The van der Waals surface area contributed by atoms with Gasteiger partial charge >= 0.3 is 6.36 Å². The second-order valence-corrected chi connectivity index (χ2v) is 7.78. The van der Waals surface area contributed by atoms with Gasteiger partial charge in [-0.15, -0.1) is 13.2 Å². The van der Waals surface area contributed by atoms with Crippen molar-refractivity contribution in [3.63, 3.8) is 0 Å². The van der Waals surface area contributed by atoms with Crippen molar-refractivity contribution in [2.75, 3.05) is 16.8 Å². The molecule has 1 heterocycles. The Labute approximate surface area is 137 Å². The average molecular weight is 366 g/mol. The number of alkyl halides is 3. The predicted molar refractivity (Wildman–Crippen MR) is 81.4 cm³/mol. The molecule has 1 amide bonds. The molecule has 0 saturated carbocycles. The van der Waals surface area contributed by atoms with E-state index in [-0.39, 0.29) is 23.2 Å². The van der Waals surface area contributed by atoms with E-state index in [1.54, 1.807) is 6.92 Å². The fraction of sp³-hybridized carbons (Fsp3) is 0.500. The normalized spacial score (nSPS) is 21.1. The Bertz CT molecular complexity index is 689. The summed E-state index contributed by atoms with van der Waals surface area (Å²) in [5.41, 5.74) is 0.436. The molecule has 0 radical (unpaired) electrons. The van der Waals surface area contributed by atoms with E-state index < -0.39 is 28.3 Å². The van der Waals surface area contributed by atoms with Gasteiger partial charge in [-0.3, -0.25) is 4.79 Å². The van der Waals surface area contributed by atoms with E-state index in [0.717, 1.165) is 12.1 Å². The summed E-state index contributed by atoms with van der Waals surface area (Å²) in [6.07, 6.45) is -4.38. The first kappa shape index (κ1) is 18.4. The van der Waals surface area contributed by atoms with Gasteiger partial charge in [0.15, 0.2) is 9.84 Å². The maximum atomic E-state index is 12.1. The Morgan fingerprint density at radius 3 is 2.42 bits per heavy atom. The van der Waals surface area contributed by atoms with Crippen molar-refractivity contribution in [3.05, 3.63) is 24.3 Å². The van der Waals surface area contributed by atoms with Crippen LogP contribution >= 0.6 is 0 Å². The van der Waals surface area contributed by atoms with Crippen LogP contribution in [0.15, 0.2) is 24.3 Å². The summed E-state index contributed by atoms with van der Waals surface area (Å²) in [6.45, 7) is 1.57. The molecule has 1 saturated heterocycles. The predicted octanol–water partition coefficient (Wildman–Crippen LogP) is 1.69. The number of amides is 1. The number of benzene rings is 1. The molecule has 0 bridgehead atoms. The van der Waals surface area contributed by atoms with E-state index in [2.05, 4.69) is 15.4 Å². The zero-order valence-corrected chi connectivity index (χ0v) is 13.6. The Kier molecular flexibility index (Phi) is 5.26. The van der Waals surface area contributed by atoms with Gasteiger partial charge in [0.2, 0.25) is 5.91 Å². The summed E-state index contributed by atoms with van der Waals surface area (Å²) in [5.74, 6) is -0.760. The molecule has 1 aliphatic rings. The summed E-state index contributed by atoms with van der Waals surface area (Å²) in [5, 5.41) is 5.47. The van der Waals surface area contributed by atoms with Crippen molar-refractivity contribution in [2.45, 2.75) is 31.8 Å². The third kappa shape index (κ3) is 5.59. The number of rotatable bonds is 5. The first-order valence-electron chi connectivity index (χ1n) is 7.17. The summed E-state index contributed by atoms with van der Waals surface area (Å²) >= 11 is 0. The minimum absolute atomic E-state index is 0.0560. The summed E-state index contributed by atoms with van der Waals surface area (Å²) in [7, 11) is -3.09. The van der Waals surface area contributed by atoms with Gasteiger partial charge in [-0.1, -0.05) is 0 Å². The molecule has 134 valence electrons. The fourth-order valence-corrected chi connectivity index (χ4v) is 3.98. The second kappa shape index (κ2) is 6.88. The minimum atomic E-state index is -4.76. The van der Waals surface area contributed by atoms with Crippen molar-refractivity contribution >= 4 is 21.4 Å². The van der Waals surface area contributed by atoms with Crippen LogP contribution in [0, 0.1) is 0 Å². The highest BCUT2D eigenvalue weighted by Crippen LogP contribution is 2.24. The number of halogens is 3. The molecule has 1 aromatic rings. The van der Waals surface area contributed by atoms with Crippen LogP contribution in [0.1, 0.15) is 13.3 Å². The number of ether oxygens (including phenoxy) is 1. The van der Waals surface area contributed by atoms with Gasteiger partial charge in [-0.05, 0) is 37.6 Å². The lowest BCUT2D eigenvalue weighted by Crippen LogP contribution is -2.43. The molecule has 0 aliphatic carbocycles. The molecule has 2 atom stereocenters. The Hall–Kier alpha value is -1.97. The number of sulfone groups is 1. The molecule has 1 aliphatic heterocycles. The highest BCUT2D eigenvalue weighted by atomic mass is 32.2. The van der Waals surface area contributed by atoms with E-state index >= 15 is 0 Å². The average Bonchev–Trinajstić information content (AvgIpc) is 2.78. The molecule has 0 aromatic heterocycles. The lowest BCUT2D eigenvalue weighted by molar-refractivity contribution is -0.274. The van der Waals surface area contributed by atoms with Gasteiger partial charge in [0.25, 0.3) is 0 Å². The van der Waals surface area contributed by atoms with Gasteiger partial charge in [-0.25, -0.2) is 8.42 Å². The number of nitrogens with one attached hydrogen (secondary N) is 2. The first-order chi connectivity index (χ1) is 11.0. The van der Waals surface area contributed by atoms with Crippen LogP contribution in [0.4, 0.5) is 18.9 Å². The number of hydrogen-bond acceptors (Lipinski definition) is 5. The summed E-state index contributed by atoms with van der Waals surface area (Å²) in [6, 6.07) is 3.88. The molecule has 10 heteroatoms. The van der Waals surface area contributed by atoms with Crippen molar-refractivity contribution in [3.8, 4) is 5.75 Å². The molecular formula is C14H17F3N2O4S. The quantitative estimate of drug-likeness (QED) is 0.829. The van der Waals surface area contributed by atoms with E-state index in [1.807, 2.05) is 0 Å². The summed E-state index contributed by atoms with van der Waals surface area (Å²) < 4.78 is 62.7. The smallest absolute Gasteiger partial charge is 0.406 e. The molecular weight excluding hydrogens is 349 g/mol.